The summed E-state index contributed by atoms with van der Waals surface area (Å²) in [5, 5.41) is 2.52. The van der Waals surface area contributed by atoms with Gasteiger partial charge in [-0.15, -0.1) is 0 Å². The monoisotopic (exact) mass is 351 g/mol. The highest BCUT2D eigenvalue weighted by Crippen LogP contribution is 2.24. The van der Waals surface area contributed by atoms with Crippen molar-refractivity contribution in [2.24, 2.45) is 0 Å². The van der Waals surface area contributed by atoms with Crippen LogP contribution in [-0.2, 0) is 14.8 Å². The van der Waals surface area contributed by atoms with E-state index in [2.05, 4.69) is 5.32 Å². The Kier molecular flexibility index (Phi) is 4.42. The van der Waals surface area contributed by atoms with Crippen molar-refractivity contribution >= 4 is 21.6 Å². The largest absolute Gasteiger partial charge is 0.324 e. The first-order chi connectivity index (χ1) is 11.4. The van der Waals surface area contributed by atoms with Gasteiger partial charge in [0.2, 0.25) is 15.9 Å². The maximum atomic E-state index is 14.0. The van der Waals surface area contributed by atoms with Crippen LogP contribution in [0.2, 0.25) is 0 Å². The van der Waals surface area contributed by atoms with E-state index in [-0.39, 0.29) is 5.69 Å². The third-order valence-corrected chi connectivity index (χ3v) is 5.33. The lowest BCUT2D eigenvalue weighted by molar-refractivity contribution is -0.119. The van der Waals surface area contributed by atoms with Gasteiger partial charge in [-0.05, 0) is 43.2 Å². The van der Waals surface area contributed by atoms with Crippen LogP contribution in [0.5, 0.6) is 0 Å². The van der Waals surface area contributed by atoms with Crippen LogP contribution in [-0.4, -0.2) is 42.0 Å². The van der Waals surface area contributed by atoms with Crippen molar-refractivity contribution < 1.29 is 17.6 Å². The molecule has 8 heteroatoms. The van der Waals surface area contributed by atoms with Crippen molar-refractivity contribution in [3.63, 3.8) is 0 Å². The molecule has 2 aromatic rings. The van der Waals surface area contributed by atoms with E-state index in [1.54, 1.807) is 23.0 Å². The van der Waals surface area contributed by atoms with Crippen molar-refractivity contribution in [3.8, 4) is 5.69 Å². The average Bonchev–Trinajstić information content (AvgIpc) is 3.20. The molecule has 1 aliphatic heterocycles. The zero-order valence-corrected chi connectivity index (χ0v) is 14.0. The van der Waals surface area contributed by atoms with Crippen molar-refractivity contribution in [1.29, 1.82) is 0 Å². The van der Waals surface area contributed by atoms with Crippen LogP contribution in [0.25, 0.3) is 5.69 Å². The van der Waals surface area contributed by atoms with Gasteiger partial charge in [0.15, 0.2) is 0 Å². The molecule has 1 aliphatic rings. The summed E-state index contributed by atoms with van der Waals surface area (Å²) < 4.78 is 40.5. The van der Waals surface area contributed by atoms with Crippen molar-refractivity contribution in [3.05, 3.63) is 48.5 Å². The molecular weight excluding hydrogens is 333 g/mol. The molecule has 128 valence electrons. The van der Waals surface area contributed by atoms with E-state index in [0.717, 1.165) is 10.6 Å². The number of anilines is 1. The van der Waals surface area contributed by atoms with E-state index in [9.17, 15) is 17.6 Å². The van der Waals surface area contributed by atoms with Crippen molar-refractivity contribution in [1.82, 2.24) is 8.87 Å². The molecule has 1 atom stereocenters. The number of nitrogens with zero attached hydrogens (tertiary/aromatic N) is 2. The normalized spacial score (nSPS) is 18.7. The molecular formula is C16H18FN3O3S. The number of amides is 1. The molecule has 1 N–H and O–H groups in total. The summed E-state index contributed by atoms with van der Waals surface area (Å²) in [5.74, 6) is -1.08. The van der Waals surface area contributed by atoms with Gasteiger partial charge in [0.05, 0.1) is 11.9 Å². The molecule has 6 nitrogen and oxygen atoms in total. The standard InChI is InChI=1S/C16H18FN3O3S/c1-24(22,23)20-10-4-5-15(20)16(21)18-14-11-12(6-7-13(14)17)19-8-2-3-9-19/h2-3,6-9,11,15H,4-5,10H2,1H3,(H,18,21). The van der Waals surface area contributed by atoms with Gasteiger partial charge in [-0.2, -0.15) is 4.31 Å². The van der Waals surface area contributed by atoms with E-state index in [0.29, 0.717) is 25.1 Å². The number of hydrogen-bond donors (Lipinski definition) is 1. The first-order valence-electron chi connectivity index (χ1n) is 7.57. The summed E-state index contributed by atoms with van der Waals surface area (Å²) in [4.78, 5) is 12.4. The van der Waals surface area contributed by atoms with E-state index in [4.69, 9.17) is 0 Å². The molecule has 0 spiro atoms. The molecule has 1 amide bonds. The highest BCUT2D eigenvalue weighted by Gasteiger charge is 2.36. The fraction of sp³-hybridized carbons (Fsp3) is 0.312. The summed E-state index contributed by atoms with van der Waals surface area (Å²) >= 11 is 0. The van der Waals surface area contributed by atoms with Crippen LogP contribution >= 0.6 is 0 Å². The number of halogens is 1. The molecule has 24 heavy (non-hydrogen) atoms. The topological polar surface area (TPSA) is 71.4 Å². The number of nitrogens with one attached hydrogen (secondary N) is 1. The predicted octanol–water partition coefficient (Wildman–Crippen LogP) is 1.98. The second-order valence-electron chi connectivity index (χ2n) is 5.78. The van der Waals surface area contributed by atoms with Crippen LogP contribution in [0.3, 0.4) is 0 Å². The van der Waals surface area contributed by atoms with Gasteiger partial charge in [0, 0.05) is 24.6 Å². The number of aromatic nitrogens is 1. The summed E-state index contributed by atoms with van der Waals surface area (Å²) in [6.45, 7) is 0.308. The number of rotatable bonds is 4. The van der Waals surface area contributed by atoms with E-state index in [1.165, 1.54) is 12.1 Å². The Labute approximate surface area is 139 Å². The van der Waals surface area contributed by atoms with E-state index in [1.807, 2.05) is 12.1 Å². The molecule has 1 aromatic heterocycles. The number of hydrogen-bond acceptors (Lipinski definition) is 3. The fourth-order valence-corrected chi connectivity index (χ4v) is 4.02. The second kappa shape index (κ2) is 6.37. The lowest BCUT2D eigenvalue weighted by Gasteiger charge is -2.21. The highest BCUT2D eigenvalue weighted by molar-refractivity contribution is 7.88. The molecule has 0 aliphatic carbocycles. The molecule has 1 saturated heterocycles. The lowest BCUT2D eigenvalue weighted by Crippen LogP contribution is -2.42. The summed E-state index contributed by atoms with van der Waals surface area (Å²) in [5.41, 5.74) is 0.731. The van der Waals surface area contributed by atoms with Crippen molar-refractivity contribution in [2.45, 2.75) is 18.9 Å². The Morgan fingerprint density at radius 1 is 1.29 bits per heavy atom. The van der Waals surface area contributed by atoms with Crippen LogP contribution in [0.4, 0.5) is 10.1 Å². The van der Waals surface area contributed by atoms with Crippen LogP contribution in [0.15, 0.2) is 42.7 Å². The van der Waals surface area contributed by atoms with E-state index < -0.39 is 27.8 Å². The number of carbonyl (C=O) groups is 1. The fourth-order valence-electron chi connectivity index (χ4n) is 2.89. The zero-order chi connectivity index (χ0) is 17.3. The highest BCUT2D eigenvalue weighted by atomic mass is 32.2. The van der Waals surface area contributed by atoms with Gasteiger partial charge in [-0.25, -0.2) is 12.8 Å². The maximum Gasteiger partial charge on any atom is 0.242 e. The molecule has 1 unspecified atom stereocenters. The zero-order valence-electron chi connectivity index (χ0n) is 13.1. The summed E-state index contributed by atoms with van der Waals surface area (Å²) in [7, 11) is -3.47. The molecule has 1 aromatic carbocycles. The number of sulfonamides is 1. The minimum absolute atomic E-state index is 0.0338. The van der Waals surface area contributed by atoms with Crippen LogP contribution < -0.4 is 5.32 Å². The maximum absolute atomic E-state index is 14.0. The predicted molar refractivity (Wildman–Crippen MR) is 88.9 cm³/mol. The Bertz CT molecular complexity index is 849. The Morgan fingerprint density at radius 3 is 2.67 bits per heavy atom. The molecule has 3 rings (SSSR count). The first kappa shape index (κ1) is 16.7. The van der Waals surface area contributed by atoms with Crippen LogP contribution in [0, 0.1) is 5.82 Å². The Balaban J connectivity index is 1.83. The molecule has 1 fully saturated rings. The van der Waals surface area contributed by atoms with Crippen molar-refractivity contribution in [2.75, 3.05) is 18.1 Å². The summed E-state index contributed by atoms with van der Waals surface area (Å²) in [6.07, 6.45) is 5.73. The summed E-state index contributed by atoms with van der Waals surface area (Å²) in [6, 6.07) is 7.27. The van der Waals surface area contributed by atoms with Gasteiger partial charge >= 0.3 is 0 Å². The van der Waals surface area contributed by atoms with Gasteiger partial charge in [-0.1, -0.05) is 0 Å². The van der Waals surface area contributed by atoms with Gasteiger partial charge < -0.3 is 9.88 Å². The first-order valence-corrected chi connectivity index (χ1v) is 9.41. The van der Waals surface area contributed by atoms with Gasteiger partial charge in [-0.3, -0.25) is 4.79 Å². The quantitative estimate of drug-likeness (QED) is 0.916. The van der Waals surface area contributed by atoms with Gasteiger partial charge in [0.25, 0.3) is 0 Å². The minimum Gasteiger partial charge on any atom is -0.324 e. The average molecular weight is 351 g/mol. The Morgan fingerprint density at radius 2 is 2.00 bits per heavy atom. The number of carbonyl (C=O) groups excluding carboxylic acids is 1. The Hall–Kier alpha value is -2.19. The smallest absolute Gasteiger partial charge is 0.242 e. The van der Waals surface area contributed by atoms with Gasteiger partial charge in [0.1, 0.15) is 11.9 Å². The molecule has 0 radical (unpaired) electrons. The third-order valence-electron chi connectivity index (χ3n) is 4.04. The SMILES string of the molecule is CS(=O)(=O)N1CCCC1C(=O)Nc1cc(-n2cccc2)ccc1F. The van der Waals surface area contributed by atoms with Crippen LogP contribution in [0.1, 0.15) is 12.8 Å². The molecule has 2 heterocycles. The minimum atomic E-state index is -3.47. The van der Waals surface area contributed by atoms with E-state index >= 15 is 0 Å². The number of benzene rings is 1. The second-order valence-corrected chi connectivity index (χ2v) is 7.71. The lowest BCUT2D eigenvalue weighted by atomic mass is 10.2. The molecule has 0 saturated carbocycles. The molecule has 0 bridgehead atoms. The third kappa shape index (κ3) is 3.34.